The third-order valence-corrected chi connectivity index (χ3v) is 3.36. The van der Waals surface area contributed by atoms with Gasteiger partial charge in [-0.1, -0.05) is 0 Å². The predicted molar refractivity (Wildman–Crippen MR) is 72.6 cm³/mol. The van der Waals surface area contributed by atoms with E-state index in [0.29, 0.717) is 0 Å². The molecule has 2 aromatic rings. The fourth-order valence-corrected chi connectivity index (χ4v) is 2.28. The molecule has 1 aliphatic rings. The minimum atomic E-state index is 0.740. The summed E-state index contributed by atoms with van der Waals surface area (Å²) in [5.41, 5.74) is 1.08. The maximum absolute atomic E-state index is 5.76. The van der Waals surface area contributed by atoms with Gasteiger partial charge in [-0.2, -0.15) is 5.10 Å². The Morgan fingerprint density at radius 1 is 1.21 bits per heavy atom. The molecule has 5 nitrogen and oxygen atoms in total. The lowest BCUT2D eigenvalue weighted by Gasteiger charge is -2.26. The van der Waals surface area contributed by atoms with Crippen LogP contribution in [0.2, 0.25) is 0 Å². The van der Waals surface area contributed by atoms with Gasteiger partial charge in [-0.25, -0.2) is 4.52 Å². The number of hydrogen-bond acceptors (Lipinski definition) is 4. The Kier molecular flexibility index (Phi) is 3.95. The van der Waals surface area contributed by atoms with Crippen molar-refractivity contribution in [1.82, 2.24) is 14.5 Å². The van der Waals surface area contributed by atoms with Gasteiger partial charge in [0.15, 0.2) is 0 Å². The Balaban J connectivity index is 1.43. The van der Waals surface area contributed by atoms with Crippen LogP contribution >= 0.6 is 0 Å². The first-order chi connectivity index (χ1) is 9.42. The number of ether oxygens (including phenoxy) is 2. The van der Waals surface area contributed by atoms with Crippen LogP contribution in [0, 0.1) is 0 Å². The third kappa shape index (κ3) is 3.24. The van der Waals surface area contributed by atoms with E-state index in [0.717, 1.165) is 57.1 Å². The van der Waals surface area contributed by atoms with Crippen molar-refractivity contribution in [3.8, 4) is 5.75 Å². The number of morpholine rings is 1. The summed E-state index contributed by atoms with van der Waals surface area (Å²) >= 11 is 0. The molecular formula is C14H19N3O2. The van der Waals surface area contributed by atoms with Crippen LogP contribution in [-0.2, 0) is 4.74 Å². The molecule has 0 saturated carbocycles. The Hall–Kier alpha value is -1.59. The van der Waals surface area contributed by atoms with Crippen LogP contribution in [-0.4, -0.2) is 54.0 Å². The second-order valence-electron chi connectivity index (χ2n) is 4.72. The van der Waals surface area contributed by atoms with Crippen LogP contribution < -0.4 is 4.74 Å². The average molecular weight is 261 g/mol. The van der Waals surface area contributed by atoms with Crippen LogP contribution in [0.5, 0.6) is 5.75 Å². The molecule has 1 fully saturated rings. The van der Waals surface area contributed by atoms with Crippen molar-refractivity contribution in [3.05, 3.63) is 30.6 Å². The van der Waals surface area contributed by atoms with Gasteiger partial charge in [0.05, 0.1) is 31.5 Å². The molecule has 1 aliphatic heterocycles. The molecule has 0 aliphatic carbocycles. The Morgan fingerprint density at radius 3 is 3.00 bits per heavy atom. The van der Waals surface area contributed by atoms with E-state index in [9.17, 15) is 0 Å². The van der Waals surface area contributed by atoms with Gasteiger partial charge >= 0.3 is 0 Å². The molecule has 102 valence electrons. The van der Waals surface area contributed by atoms with Gasteiger partial charge in [0.2, 0.25) is 0 Å². The van der Waals surface area contributed by atoms with Crippen molar-refractivity contribution in [1.29, 1.82) is 0 Å². The fraction of sp³-hybridized carbons (Fsp3) is 0.500. The zero-order chi connectivity index (χ0) is 12.9. The number of hydrogen-bond donors (Lipinski definition) is 0. The smallest absolute Gasteiger partial charge is 0.137 e. The van der Waals surface area contributed by atoms with Crippen molar-refractivity contribution in [2.75, 3.05) is 39.5 Å². The summed E-state index contributed by atoms with van der Waals surface area (Å²) in [6.45, 7) is 5.61. The zero-order valence-corrected chi connectivity index (χ0v) is 11.0. The largest absolute Gasteiger partial charge is 0.492 e. The number of rotatable bonds is 5. The zero-order valence-electron chi connectivity index (χ0n) is 11.0. The summed E-state index contributed by atoms with van der Waals surface area (Å²) in [6, 6.07) is 5.98. The van der Waals surface area contributed by atoms with Crippen molar-refractivity contribution >= 4 is 5.52 Å². The summed E-state index contributed by atoms with van der Waals surface area (Å²) in [4.78, 5) is 2.42. The summed E-state index contributed by atoms with van der Waals surface area (Å²) in [5, 5.41) is 4.20. The molecule has 5 heteroatoms. The van der Waals surface area contributed by atoms with Gasteiger partial charge in [-0.3, -0.25) is 4.90 Å². The maximum Gasteiger partial charge on any atom is 0.137 e. The molecular weight excluding hydrogens is 242 g/mol. The number of nitrogens with zero attached hydrogens (tertiary/aromatic N) is 3. The number of fused-ring (bicyclic) bond motifs is 1. The van der Waals surface area contributed by atoms with E-state index in [1.165, 1.54) is 0 Å². The van der Waals surface area contributed by atoms with Crippen LogP contribution in [0.15, 0.2) is 30.6 Å². The van der Waals surface area contributed by atoms with Gasteiger partial charge in [-0.05, 0) is 24.6 Å². The molecule has 3 rings (SSSR count). The molecule has 19 heavy (non-hydrogen) atoms. The van der Waals surface area contributed by atoms with Crippen molar-refractivity contribution in [2.45, 2.75) is 6.42 Å². The van der Waals surface area contributed by atoms with E-state index < -0.39 is 0 Å². The van der Waals surface area contributed by atoms with Gasteiger partial charge in [0.1, 0.15) is 5.75 Å². The van der Waals surface area contributed by atoms with E-state index in [1.54, 1.807) is 6.20 Å². The predicted octanol–water partition coefficient (Wildman–Crippen LogP) is 1.44. The van der Waals surface area contributed by atoms with Crippen molar-refractivity contribution < 1.29 is 9.47 Å². The van der Waals surface area contributed by atoms with Crippen LogP contribution in [0.1, 0.15) is 6.42 Å². The summed E-state index contributed by atoms with van der Waals surface area (Å²) < 4.78 is 12.9. The summed E-state index contributed by atoms with van der Waals surface area (Å²) in [6.07, 6.45) is 4.75. The lowest BCUT2D eigenvalue weighted by atomic mass is 10.3. The van der Waals surface area contributed by atoms with E-state index >= 15 is 0 Å². The molecule has 0 radical (unpaired) electrons. The highest BCUT2D eigenvalue weighted by Crippen LogP contribution is 2.12. The third-order valence-electron chi connectivity index (χ3n) is 3.36. The Labute approximate surface area is 112 Å². The molecule has 0 unspecified atom stereocenters. The Bertz CT molecular complexity index is 520. The molecule has 0 bridgehead atoms. The van der Waals surface area contributed by atoms with Crippen LogP contribution in [0.4, 0.5) is 0 Å². The quantitative estimate of drug-likeness (QED) is 0.763. The van der Waals surface area contributed by atoms with Gasteiger partial charge < -0.3 is 9.47 Å². The average Bonchev–Trinajstić information content (AvgIpc) is 2.92. The van der Waals surface area contributed by atoms with Gasteiger partial charge in [0, 0.05) is 25.8 Å². The first-order valence-electron chi connectivity index (χ1n) is 6.78. The second-order valence-corrected chi connectivity index (χ2v) is 4.72. The molecule has 2 aromatic heterocycles. The number of aromatic nitrogens is 2. The number of pyridine rings is 1. The maximum atomic E-state index is 5.76. The second kappa shape index (κ2) is 6.04. The Morgan fingerprint density at radius 2 is 2.11 bits per heavy atom. The van der Waals surface area contributed by atoms with Crippen LogP contribution in [0.25, 0.3) is 5.52 Å². The molecule has 0 amide bonds. The molecule has 0 spiro atoms. The minimum absolute atomic E-state index is 0.740. The lowest BCUT2D eigenvalue weighted by Crippen LogP contribution is -2.37. The van der Waals surface area contributed by atoms with E-state index in [-0.39, 0.29) is 0 Å². The molecule has 0 N–H and O–H groups in total. The summed E-state index contributed by atoms with van der Waals surface area (Å²) in [7, 11) is 0. The molecule has 3 heterocycles. The standard InChI is InChI=1S/C14H19N3O2/c1(6-16-7-10-18-11-8-16)9-19-14-3-2-13-4-5-15-17(13)12-14/h2-5,12H,1,6-11H2. The monoisotopic (exact) mass is 261 g/mol. The van der Waals surface area contributed by atoms with Gasteiger partial charge in [0.25, 0.3) is 0 Å². The minimum Gasteiger partial charge on any atom is -0.492 e. The highest BCUT2D eigenvalue weighted by molar-refractivity contribution is 5.47. The molecule has 1 saturated heterocycles. The van der Waals surface area contributed by atoms with E-state index in [1.807, 2.05) is 28.9 Å². The highest BCUT2D eigenvalue weighted by Gasteiger charge is 2.09. The summed E-state index contributed by atoms with van der Waals surface area (Å²) in [5.74, 6) is 0.873. The fourth-order valence-electron chi connectivity index (χ4n) is 2.28. The van der Waals surface area contributed by atoms with Crippen LogP contribution in [0.3, 0.4) is 0 Å². The van der Waals surface area contributed by atoms with Crippen molar-refractivity contribution in [2.24, 2.45) is 0 Å². The van der Waals surface area contributed by atoms with Crippen molar-refractivity contribution in [3.63, 3.8) is 0 Å². The normalized spacial score (nSPS) is 16.8. The molecule has 0 atom stereocenters. The topological polar surface area (TPSA) is 39.0 Å². The highest BCUT2D eigenvalue weighted by atomic mass is 16.5. The van der Waals surface area contributed by atoms with Gasteiger partial charge in [-0.15, -0.1) is 0 Å². The lowest BCUT2D eigenvalue weighted by molar-refractivity contribution is 0.0358. The first kappa shape index (κ1) is 12.4. The molecule has 0 aromatic carbocycles. The van der Waals surface area contributed by atoms with E-state index in [2.05, 4.69) is 10.00 Å². The SMILES string of the molecule is c1cc2ccc(OCCCN3CCOCC3)cn2n1. The first-order valence-corrected chi connectivity index (χ1v) is 6.78. The van der Waals surface area contributed by atoms with E-state index in [4.69, 9.17) is 9.47 Å².